The summed E-state index contributed by atoms with van der Waals surface area (Å²) in [5.41, 5.74) is 4.16. The molecule has 0 saturated carbocycles. The minimum absolute atomic E-state index is 0.252. The summed E-state index contributed by atoms with van der Waals surface area (Å²) >= 11 is 0. The average Bonchev–Trinajstić information content (AvgIpc) is 3.06. The van der Waals surface area contributed by atoms with Gasteiger partial charge in [-0.1, -0.05) is 94.4 Å². The number of benzene rings is 5. The molecule has 228 valence electrons. The van der Waals surface area contributed by atoms with Crippen LogP contribution in [0.4, 0.5) is 4.79 Å². The predicted molar refractivity (Wildman–Crippen MR) is 175 cm³/mol. The van der Waals surface area contributed by atoms with Crippen LogP contribution in [0.5, 0.6) is 23.0 Å². The molecule has 0 spiro atoms. The summed E-state index contributed by atoms with van der Waals surface area (Å²) in [6, 6.07) is 39.1. The van der Waals surface area contributed by atoms with E-state index in [1.165, 1.54) is 0 Å². The number of methoxy groups -OCH3 is 1. The summed E-state index contributed by atoms with van der Waals surface area (Å²) in [5, 5.41) is 0. The molecule has 5 aromatic rings. The molecule has 0 aliphatic carbocycles. The lowest BCUT2D eigenvalue weighted by Gasteiger charge is -2.26. The zero-order chi connectivity index (χ0) is 32.0. The second kappa shape index (κ2) is 13.1. The Labute approximate surface area is 264 Å². The molecular weight excluding hydrogens is 564 g/mol. The molecule has 0 unspecified atom stereocenters. The Morgan fingerprint density at radius 1 is 0.444 bits per heavy atom. The van der Waals surface area contributed by atoms with Gasteiger partial charge in [-0.3, -0.25) is 0 Å². The minimum Gasteiger partial charge on any atom is -0.497 e. The SMILES string of the molecule is COc1ccc(C(C)(C)c2ccc(OC(=O)Oc3ccc(C(C)(C)c4ccc(OC(=O)c5ccccc5)cc4)cc3)cc2)cc1. The van der Waals surface area contributed by atoms with E-state index >= 15 is 0 Å². The number of hydrogen-bond donors (Lipinski definition) is 0. The first-order chi connectivity index (χ1) is 21.6. The van der Waals surface area contributed by atoms with Gasteiger partial charge in [0.1, 0.15) is 23.0 Å². The summed E-state index contributed by atoms with van der Waals surface area (Å²) in [6.45, 7) is 8.48. The lowest BCUT2D eigenvalue weighted by Crippen LogP contribution is -2.19. The molecule has 5 rings (SSSR count). The van der Waals surface area contributed by atoms with Gasteiger partial charge in [-0.05, 0) is 82.9 Å². The van der Waals surface area contributed by atoms with E-state index in [4.69, 9.17) is 18.9 Å². The molecule has 5 aromatic carbocycles. The van der Waals surface area contributed by atoms with Gasteiger partial charge in [-0.2, -0.15) is 0 Å². The lowest BCUT2D eigenvalue weighted by molar-refractivity contribution is 0.0734. The Morgan fingerprint density at radius 2 is 0.778 bits per heavy atom. The van der Waals surface area contributed by atoms with Crippen LogP contribution in [-0.2, 0) is 10.8 Å². The number of rotatable bonds is 9. The van der Waals surface area contributed by atoms with E-state index < -0.39 is 12.1 Å². The van der Waals surface area contributed by atoms with Crippen LogP contribution in [0.3, 0.4) is 0 Å². The van der Waals surface area contributed by atoms with Crippen LogP contribution in [-0.4, -0.2) is 19.2 Å². The van der Waals surface area contributed by atoms with Crippen molar-refractivity contribution in [2.75, 3.05) is 7.11 Å². The molecule has 0 aliphatic rings. The van der Waals surface area contributed by atoms with Gasteiger partial charge in [0.15, 0.2) is 0 Å². The molecule has 0 amide bonds. The maximum Gasteiger partial charge on any atom is 0.519 e. The lowest BCUT2D eigenvalue weighted by atomic mass is 9.78. The summed E-state index contributed by atoms with van der Waals surface area (Å²) in [5.74, 6) is 1.65. The van der Waals surface area contributed by atoms with Crippen LogP contribution < -0.4 is 18.9 Å². The van der Waals surface area contributed by atoms with Gasteiger partial charge in [0.05, 0.1) is 12.7 Å². The molecule has 0 N–H and O–H groups in total. The molecule has 0 aliphatic heterocycles. The quantitative estimate of drug-likeness (QED) is 0.0955. The topological polar surface area (TPSA) is 71.1 Å². The van der Waals surface area contributed by atoms with Crippen molar-refractivity contribution in [1.82, 2.24) is 0 Å². The summed E-state index contributed by atoms with van der Waals surface area (Å²) in [6.07, 6.45) is -0.815. The van der Waals surface area contributed by atoms with E-state index in [1.807, 2.05) is 54.6 Å². The third-order valence-electron chi connectivity index (χ3n) is 8.16. The molecular formula is C39H36O6. The molecule has 0 heterocycles. The monoisotopic (exact) mass is 600 g/mol. The molecule has 0 fully saturated rings. The van der Waals surface area contributed by atoms with Crippen molar-refractivity contribution >= 4 is 12.1 Å². The van der Waals surface area contributed by atoms with Gasteiger partial charge in [0, 0.05) is 10.8 Å². The Balaban J connectivity index is 1.18. The van der Waals surface area contributed by atoms with Crippen molar-refractivity contribution < 1.29 is 28.5 Å². The second-order valence-corrected chi connectivity index (χ2v) is 11.8. The molecule has 0 aromatic heterocycles. The first-order valence-electron chi connectivity index (χ1n) is 14.7. The zero-order valence-electron chi connectivity index (χ0n) is 26.1. The van der Waals surface area contributed by atoms with Gasteiger partial charge in [-0.25, -0.2) is 9.59 Å². The number of hydrogen-bond acceptors (Lipinski definition) is 6. The maximum absolute atomic E-state index is 12.6. The number of ether oxygens (including phenoxy) is 4. The van der Waals surface area contributed by atoms with Gasteiger partial charge < -0.3 is 18.9 Å². The van der Waals surface area contributed by atoms with E-state index in [0.717, 1.165) is 28.0 Å². The molecule has 0 saturated heterocycles. The van der Waals surface area contributed by atoms with Crippen molar-refractivity contribution in [2.24, 2.45) is 0 Å². The second-order valence-electron chi connectivity index (χ2n) is 11.8. The van der Waals surface area contributed by atoms with Crippen LogP contribution in [0.2, 0.25) is 0 Å². The van der Waals surface area contributed by atoms with Crippen molar-refractivity contribution in [2.45, 2.75) is 38.5 Å². The van der Waals surface area contributed by atoms with Gasteiger partial charge in [0.25, 0.3) is 0 Å². The number of esters is 1. The number of carbonyl (C=O) groups excluding carboxylic acids is 2. The smallest absolute Gasteiger partial charge is 0.497 e. The maximum atomic E-state index is 12.6. The normalized spacial score (nSPS) is 11.4. The standard InChI is InChI=1S/C39H36O6/c1-38(2,28-11-19-32(42-5)20-12-28)30-15-23-34(24-16-30)44-37(41)45-35-25-17-31(18-26-35)39(3,4)29-13-21-33(22-14-29)43-36(40)27-9-7-6-8-10-27/h6-26H,1-5H3. The highest BCUT2D eigenvalue weighted by Gasteiger charge is 2.25. The van der Waals surface area contributed by atoms with Crippen LogP contribution >= 0.6 is 0 Å². The zero-order valence-corrected chi connectivity index (χ0v) is 26.1. The van der Waals surface area contributed by atoms with Crippen LogP contribution in [0.25, 0.3) is 0 Å². The van der Waals surface area contributed by atoms with Crippen LogP contribution in [0, 0.1) is 0 Å². The largest absolute Gasteiger partial charge is 0.519 e. The summed E-state index contributed by atoms with van der Waals surface area (Å²) in [7, 11) is 1.65. The molecule has 0 bridgehead atoms. The molecule has 0 atom stereocenters. The average molecular weight is 601 g/mol. The Bertz CT molecular complexity index is 1740. The summed E-state index contributed by atoms with van der Waals surface area (Å²) in [4.78, 5) is 24.9. The molecule has 45 heavy (non-hydrogen) atoms. The van der Waals surface area contributed by atoms with E-state index in [2.05, 4.69) is 39.8 Å². The van der Waals surface area contributed by atoms with Crippen molar-refractivity contribution in [3.8, 4) is 23.0 Å². The summed E-state index contributed by atoms with van der Waals surface area (Å²) < 4.78 is 21.7. The number of carbonyl (C=O) groups is 2. The minimum atomic E-state index is -0.815. The first-order valence-corrected chi connectivity index (χ1v) is 14.7. The fourth-order valence-corrected chi connectivity index (χ4v) is 5.11. The fourth-order valence-electron chi connectivity index (χ4n) is 5.11. The third kappa shape index (κ3) is 7.24. The van der Waals surface area contributed by atoms with E-state index in [9.17, 15) is 9.59 Å². The van der Waals surface area contributed by atoms with Crippen LogP contribution in [0.15, 0.2) is 127 Å². The Hall–Kier alpha value is -5.36. The Kier molecular flexibility index (Phi) is 9.05. The predicted octanol–water partition coefficient (Wildman–Crippen LogP) is 9.14. The van der Waals surface area contributed by atoms with Crippen LogP contribution in [0.1, 0.15) is 60.3 Å². The highest BCUT2D eigenvalue weighted by molar-refractivity contribution is 5.90. The third-order valence-corrected chi connectivity index (χ3v) is 8.16. The highest BCUT2D eigenvalue weighted by Crippen LogP contribution is 2.35. The highest BCUT2D eigenvalue weighted by atomic mass is 16.7. The van der Waals surface area contributed by atoms with Gasteiger partial charge in [-0.15, -0.1) is 0 Å². The van der Waals surface area contributed by atoms with E-state index in [0.29, 0.717) is 22.8 Å². The van der Waals surface area contributed by atoms with Gasteiger partial charge >= 0.3 is 12.1 Å². The van der Waals surface area contributed by atoms with E-state index in [-0.39, 0.29) is 10.8 Å². The van der Waals surface area contributed by atoms with Crippen molar-refractivity contribution in [3.63, 3.8) is 0 Å². The van der Waals surface area contributed by atoms with Gasteiger partial charge in [0.2, 0.25) is 0 Å². The molecule has 6 nitrogen and oxygen atoms in total. The first kappa shape index (κ1) is 31.1. The fraction of sp³-hybridized carbons (Fsp3) is 0.179. The Morgan fingerprint density at radius 3 is 1.13 bits per heavy atom. The van der Waals surface area contributed by atoms with Crippen molar-refractivity contribution in [3.05, 3.63) is 155 Å². The van der Waals surface area contributed by atoms with Crippen molar-refractivity contribution in [1.29, 1.82) is 0 Å². The molecule has 6 heteroatoms. The molecule has 0 radical (unpaired) electrons. The van der Waals surface area contributed by atoms with E-state index in [1.54, 1.807) is 67.8 Å².